The molecule has 0 saturated heterocycles. The molecule has 0 bridgehead atoms. The number of aryl methyl sites for hydroxylation is 1. The van der Waals surface area contributed by atoms with Crippen molar-refractivity contribution in [3.8, 4) is 5.69 Å². The number of carbonyl (C=O) groups excluding carboxylic acids is 1. The van der Waals surface area contributed by atoms with Crippen LogP contribution in [0.5, 0.6) is 0 Å². The maximum absolute atomic E-state index is 12.6. The molecule has 24 heavy (non-hydrogen) atoms. The summed E-state index contributed by atoms with van der Waals surface area (Å²) in [5.74, 6) is -0.171. The molecule has 5 nitrogen and oxygen atoms in total. The number of aromatic nitrogens is 3. The Hall–Kier alpha value is -2.60. The molecule has 0 radical (unpaired) electrons. The molecular formula is C18H18N4OS. The minimum absolute atomic E-state index is 0.171. The fourth-order valence-corrected chi connectivity index (χ4v) is 2.97. The van der Waals surface area contributed by atoms with Gasteiger partial charge >= 0.3 is 0 Å². The number of hydrogen-bond donors (Lipinski definition) is 1. The number of pyridine rings is 1. The van der Waals surface area contributed by atoms with Gasteiger partial charge in [-0.1, -0.05) is 36.0 Å². The van der Waals surface area contributed by atoms with E-state index in [0.29, 0.717) is 12.2 Å². The number of hydrogen-bond acceptors (Lipinski definition) is 4. The van der Waals surface area contributed by atoms with Crippen molar-refractivity contribution in [3.05, 3.63) is 71.8 Å². The first-order valence-corrected chi connectivity index (χ1v) is 8.79. The first-order chi connectivity index (χ1) is 11.7. The van der Waals surface area contributed by atoms with Gasteiger partial charge in [0.25, 0.3) is 5.91 Å². The highest BCUT2D eigenvalue weighted by Gasteiger charge is 2.17. The zero-order valence-electron chi connectivity index (χ0n) is 13.6. The van der Waals surface area contributed by atoms with E-state index in [1.165, 1.54) is 11.8 Å². The second-order valence-corrected chi connectivity index (χ2v) is 6.03. The summed E-state index contributed by atoms with van der Waals surface area (Å²) in [6.07, 6.45) is 3.55. The summed E-state index contributed by atoms with van der Waals surface area (Å²) in [6.45, 7) is 2.32. The second-order valence-electron chi connectivity index (χ2n) is 5.25. The maximum Gasteiger partial charge on any atom is 0.270 e. The Labute approximate surface area is 145 Å². The van der Waals surface area contributed by atoms with Gasteiger partial charge in [-0.25, -0.2) is 4.98 Å². The molecular weight excluding hydrogens is 320 g/mol. The Kier molecular flexibility index (Phi) is 4.96. The number of imidazole rings is 1. The van der Waals surface area contributed by atoms with E-state index in [1.807, 2.05) is 66.3 Å². The molecule has 0 saturated carbocycles. The van der Waals surface area contributed by atoms with Crippen molar-refractivity contribution in [2.24, 2.45) is 0 Å². The van der Waals surface area contributed by atoms with Crippen LogP contribution in [0.2, 0.25) is 0 Å². The Morgan fingerprint density at radius 1 is 1.17 bits per heavy atom. The quantitative estimate of drug-likeness (QED) is 0.726. The van der Waals surface area contributed by atoms with Gasteiger partial charge in [0.2, 0.25) is 0 Å². The normalized spacial score (nSPS) is 10.6. The van der Waals surface area contributed by atoms with Crippen molar-refractivity contribution >= 4 is 17.7 Å². The lowest BCUT2D eigenvalue weighted by Crippen LogP contribution is -2.25. The van der Waals surface area contributed by atoms with Gasteiger partial charge in [-0.3, -0.25) is 14.3 Å². The standard InChI is InChI=1S/C18H18N4OS/c1-13-7-6-8-14(21-13)11-19-17(23)16-12-20-18(24-2)22(16)15-9-4-3-5-10-15/h3-10,12H,11H2,1-2H3,(H,19,23). The lowest BCUT2D eigenvalue weighted by atomic mass is 10.3. The number of nitrogens with zero attached hydrogens (tertiary/aromatic N) is 3. The molecule has 2 heterocycles. The number of rotatable bonds is 5. The summed E-state index contributed by atoms with van der Waals surface area (Å²) in [4.78, 5) is 21.4. The summed E-state index contributed by atoms with van der Waals surface area (Å²) < 4.78 is 1.86. The molecule has 3 rings (SSSR count). The second kappa shape index (κ2) is 7.31. The lowest BCUT2D eigenvalue weighted by molar-refractivity contribution is 0.0943. The van der Waals surface area contributed by atoms with Gasteiger partial charge < -0.3 is 5.32 Å². The van der Waals surface area contributed by atoms with Crippen LogP contribution < -0.4 is 5.32 Å². The van der Waals surface area contributed by atoms with Crippen molar-refractivity contribution in [2.75, 3.05) is 6.26 Å². The van der Waals surface area contributed by atoms with Gasteiger partial charge in [0.05, 0.1) is 18.4 Å². The van der Waals surface area contributed by atoms with E-state index in [0.717, 1.165) is 22.2 Å². The van der Waals surface area contributed by atoms with E-state index in [2.05, 4.69) is 15.3 Å². The first-order valence-electron chi connectivity index (χ1n) is 7.57. The van der Waals surface area contributed by atoms with Crippen molar-refractivity contribution in [2.45, 2.75) is 18.6 Å². The Morgan fingerprint density at radius 2 is 1.96 bits per heavy atom. The third-order valence-corrected chi connectivity index (χ3v) is 4.19. The SMILES string of the molecule is CSc1ncc(C(=O)NCc2cccc(C)n2)n1-c1ccccc1. The third kappa shape index (κ3) is 3.49. The maximum atomic E-state index is 12.6. The zero-order valence-corrected chi connectivity index (χ0v) is 14.4. The molecule has 1 aromatic carbocycles. The summed E-state index contributed by atoms with van der Waals surface area (Å²) in [6, 6.07) is 15.5. The predicted molar refractivity (Wildman–Crippen MR) is 95.5 cm³/mol. The summed E-state index contributed by atoms with van der Waals surface area (Å²) >= 11 is 1.50. The molecule has 3 aromatic rings. The van der Waals surface area contributed by atoms with Crippen molar-refractivity contribution < 1.29 is 4.79 Å². The number of para-hydroxylation sites is 1. The summed E-state index contributed by atoms with van der Waals surface area (Å²) in [7, 11) is 0. The first kappa shape index (κ1) is 16.3. The molecule has 0 unspecified atom stereocenters. The Morgan fingerprint density at radius 3 is 2.67 bits per heavy atom. The average molecular weight is 338 g/mol. The lowest BCUT2D eigenvalue weighted by Gasteiger charge is -2.11. The fourth-order valence-electron chi connectivity index (χ4n) is 2.42. The van der Waals surface area contributed by atoms with Gasteiger partial charge in [0, 0.05) is 11.4 Å². The van der Waals surface area contributed by atoms with Crippen LogP contribution in [-0.4, -0.2) is 26.7 Å². The molecule has 2 aromatic heterocycles. The molecule has 122 valence electrons. The van der Waals surface area contributed by atoms with Gasteiger partial charge in [0.1, 0.15) is 5.69 Å². The third-order valence-electron chi connectivity index (χ3n) is 3.54. The molecule has 0 spiro atoms. The van der Waals surface area contributed by atoms with Crippen molar-refractivity contribution in [3.63, 3.8) is 0 Å². The largest absolute Gasteiger partial charge is 0.345 e. The van der Waals surface area contributed by atoms with E-state index < -0.39 is 0 Å². The number of thioether (sulfide) groups is 1. The van der Waals surface area contributed by atoms with Gasteiger partial charge in [-0.05, 0) is 37.4 Å². The van der Waals surface area contributed by atoms with Crippen molar-refractivity contribution in [1.82, 2.24) is 19.9 Å². The van der Waals surface area contributed by atoms with Gasteiger partial charge in [-0.15, -0.1) is 0 Å². The summed E-state index contributed by atoms with van der Waals surface area (Å²) in [5.41, 5.74) is 3.19. The van der Waals surface area contributed by atoms with Crippen LogP contribution in [0, 0.1) is 6.92 Å². The molecule has 0 aliphatic rings. The summed E-state index contributed by atoms with van der Waals surface area (Å²) in [5, 5.41) is 3.70. The van der Waals surface area contributed by atoms with Crippen LogP contribution in [0.25, 0.3) is 5.69 Å². The molecule has 0 atom stereocenters. The zero-order chi connectivity index (χ0) is 16.9. The molecule has 1 N–H and O–H groups in total. The number of benzene rings is 1. The predicted octanol–water partition coefficient (Wildman–Crippen LogP) is 3.23. The van der Waals surface area contributed by atoms with E-state index in [-0.39, 0.29) is 5.91 Å². The Balaban J connectivity index is 1.84. The van der Waals surface area contributed by atoms with Crippen LogP contribution in [0.4, 0.5) is 0 Å². The monoisotopic (exact) mass is 338 g/mol. The molecule has 0 aliphatic carbocycles. The smallest absolute Gasteiger partial charge is 0.270 e. The highest BCUT2D eigenvalue weighted by atomic mass is 32.2. The molecule has 0 aliphatic heterocycles. The fraction of sp³-hybridized carbons (Fsp3) is 0.167. The molecule has 0 fully saturated rings. The number of carbonyl (C=O) groups is 1. The molecule has 6 heteroatoms. The highest BCUT2D eigenvalue weighted by Crippen LogP contribution is 2.21. The van der Waals surface area contributed by atoms with E-state index in [9.17, 15) is 4.79 Å². The Bertz CT molecular complexity index is 845. The number of amides is 1. The van der Waals surface area contributed by atoms with E-state index in [4.69, 9.17) is 0 Å². The van der Waals surface area contributed by atoms with Crippen molar-refractivity contribution in [1.29, 1.82) is 0 Å². The van der Waals surface area contributed by atoms with Crippen LogP contribution in [0.1, 0.15) is 21.9 Å². The molecule has 1 amide bonds. The van der Waals surface area contributed by atoms with E-state index in [1.54, 1.807) is 6.20 Å². The average Bonchev–Trinajstić information content (AvgIpc) is 3.04. The van der Waals surface area contributed by atoms with E-state index >= 15 is 0 Å². The van der Waals surface area contributed by atoms with Crippen LogP contribution in [0.3, 0.4) is 0 Å². The van der Waals surface area contributed by atoms with Crippen LogP contribution in [0.15, 0.2) is 59.9 Å². The number of nitrogens with one attached hydrogen (secondary N) is 1. The van der Waals surface area contributed by atoms with Crippen LogP contribution in [-0.2, 0) is 6.54 Å². The van der Waals surface area contributed by atoms with Gasteiger partial charge in [-0.2, -0.15) is 0 Å². The minimum Gasteiger partial charge on any atom is -0.345 e. The van der Waals surface area contributed by atoms with Crippen LogP contribution >= 0.6 is 11.8 Å². The highest BCUT2D eigenvalue weighted by molar-refractivity contribution is 7.98. The van der Waals surface area contributed by atoms with Gasteiger partial charge in [0.15, 0.2) is 5.16 Å². The topological polar surface area (TPSA) is 59.8 Å². The minimum atomic E-state index is -0.171.